The van der Waals surface area contributed by atoms with Crippen LogP contribution in [0.5, 0.6) is 0 Å². The number of carbonyl (C=O) groups excluding carboxylic acids is 1. The zero-order chi connectivity index (χ0) is 25.4. The van der Waals surface area contributed by atoms with Crippen molar-refractivity contribution in [2.75, 3.05) is 24.5 Å². The van der Waals surface area contributed by atoms with Gasteiger partial charge in [0.2, 0.25) is 5.91 Å². The fourth-order valence-corrected chi connectivity index (χ4v) is 5.80. The number of benzene rings is 1. The number of aliphatic hydroxyl groups is 1. The third kappa shape index (κ3) is 4.11. The lowest BCUT2D eigenvalue weighted by Gasteiger charge is -2.49. The third-order valence-corrected chi connectivity index (χ3v) is 7.90. The average Bonchev–Trinajstić information content (AvgIpc) is 3.33. The third-order valence-electron chi connectivity index (χ3n) is 7.90. The molecule has 2 aliphatic heterocycles. The molecule has 2 fully saturated rings. The van der Waals surface area contributed by atoms with Crippen molar-refractivity contribution in [1.82, 2.24) is 20.1 Å². The first kappa shape index (κ1) is 24.2. The first-order chi connectivity index (χ1) is 17.3. The van der Waals surface area contributed by atoms with E-state index >= 15 is 0 Å². The van der Waals surface area contributed by atoms with E-state index in [-0.39, 0.29) is 11.8 Å². The highest BCUT2D eigenvalue weighted by Gasteiger charge is 2.52. The number of rotatable bonds is 4. The molecule has 0 saturated carbocycles. The summed E-state index contributed by atoms with van der Waals surface area (Å²) >= 11 is 0. The molecular weight excluding hydrogens is 464 g/mol. The SMILES string of the molecule is C[C@@H]1N(C(=O)[C@@H]2CN(c3cccnn3)C[C@H]2c2ccc(F)cc2F)CC[C@H](C)[C@@]1(O)c1ccccn1. The van der Waals surface area contributed by atoms with Crippen molar-refractivity contribution >= 4 is 11.7 Å². The minimum atomic E-state index is -1.32. The quantitative estimate of drug-likeness (QED) is 0.599. The van der Waals surface area contributed by atoms with Crippen LogP contribution in [-0.4, -0.2) is 56.8 Å². The lowest BCUT2D eigenvalue weighted by Crippen LogP contribution is -2.60. The summed E-state index contributed by atoms with van der Waals surface area (Å²) < 4.78 is 28.6. The van der Waals surface area contributed by atoms with Crippen molar-refractivity contribution in [3.8, 4) is 0 Å². The molecular formula is C27H29F2N5O2. The highest BCUT2D eigenvalue weighted by Crippen LogP contribution is 2.43. The van der Waals surface area contributed by atoms with Gasteiger partial charge in [-0.2, -0.15) is 5.10 Å². The molecule has 0 aliphatic carbocycles. The van der Waals surface area contributed by atoms with Gasteiger partial charge in [-0.15, -0.1) is 5.10 Å². The number of aromatic nitrogens is 3. The summed E-state index contributed by atoms with van der Waals surface area (Å²) in [6.07, 6.45) is 3.80. The van der Waals surface area contributed by atoms with Crippen LogP contribution in [0.4, 0.5) is 14.6 Å². The smallest absolute Gasteiger partial charge is 0.228 e. The number of likely N-dealkylation sites (tertiary alicyclic amines) is 1. The Bertz CT molecular complexity index is 1230. The van der Waals surface area contributed by atoms with E-state index in [1.54, 1.807) is 41.6 Å². The fraction of sp³-hybridized carbons (Fsp3) is 0.407. The summed E-state index contributed by atoms with van der Waals surface area (Å²) in [4.78, 5) is 22.1. The van der Waals surface area contributed by atoms with Gasteiger partial charge in [-0.05, 0) is 55.2 Å². The lowest BCUT2D eigenvalue weighted by atomic mass is 9.74. The van der Waals surface area contributed by atoms with Crippen molar-refractivity contribution in [2.24, 2.45) is 11.8 Å². The topological polar surface area (TPSA) is 82.5 Å². The monoisotopic (exact) mass is 493 g/mol. The van der Waals surface area contributed by atoms with Crippen LogP contribution in [0.2, 0.25) is 0 Å². The van der Waals surface area contributed by atoms with E-state index in [2.05, 4.69) is 15.2 Å². The number of anilines is 1. The molecule has 0 unspecified atom stereocenters. The van der Waals surface area contributed by atoms with Gasteiger partial charge in [0.15, 0.2) is 5.82 Å². The van der Waals surface area contributed by atoms with Crippen molar-refractivity contribution in [3.05, 3.63) is 83.8 Å². The molecule has 1 aromatic carbocycles. The summed E-state index contributed by atoms with van der Waals surface area (Å²) in [5.74, 6) is -2.18. The van der Waals surface area contributed by atoms with Crippen molar-refractivity contribution < 1.29 is 18.7 Å². The van der Waals surface area contributed by atoms with Crippen LogP contribution in [0, 0.1) is 23.5 Å². The Kier molecular flexibility index (Phi) is 6.42. The molecule has 2 aromatic heterocycles. The Morgan fingerprint density at radius 1 is 1.08 bits per heavy atom. The van der Waals surface area contributed by atoms with Gasteiger partial charge in [0, 0.05) is 44.0 Å². The highest BCUT2D eigenvalue weighted by atomic mass is 19.1. The number of pyridine rings is 1. The van der Waals surface area contributed by atoms with Crippen molar-refractivity contribution in [2.45, 2.75) is 37.8 Å². The normalized spacial score (nSPS) is 28.4. The fourth-order valence-electron chi connectivity index (χ4n) is 5.80. The molecule has 1 N–H and O–H groups in total. The van der Waals surface area contributed by atoms with Gasteiger partial charge in [-0.3, -0.25) is 9.78 Å². The van der Waals surface area contributed by atoms with Gasteiger partial charge in [-0.1, -0.05) is 19.1 Å². The number of carbonyl (C=O) groups is 1. The molecule has 9 heteroatoms. The molecule has 5 rings (SSSR count). The van der Waals surface area contributed by atoms with Gasteiger partial charge < -0.3 is 14.9 Å². The second-order valence-electron chi connectivity index (χ2n) is 9.80. The van der Waals surface area contributed by atoms with Gasteiger partial charge in [-0.25, -0.2) is 8.78 Å². The Labute approximate surface area is 208 Å². The summed E-state index contributed by atoms with van der Waals surface area (Å²) in [7, 11) is 0. The molecule has 0 radical (unpaired) electrons. The summed E-state index contributed by atoms with van der Waals surface area (Å²) in [5.41, 5.74) is -0.509. The number of halogens is 2. The number of nitrogens with zero attached hydrogens (tertiary/aromatic N) is 5. The van der Waals surface area contributed by atoms with E-state index in [0.29, 0.717) is 43.1 Å². The first-order valence-corrected chi connectivity index (χ1v) is 12.2. The minimum Gasteiger partial charge on any atom is -0.381 e. The summed E-state index contributed by atoms with van der Waals surface area (Å²) in [6, 6.07) is 11.9. The van der Waals surface area contributed by atoms with Gasteiger partial charge in [0.25, 0.3) is 0 Å². The molecule has 7 nitrogen and oxygen atoms in total. The molecule has 188 valence electrons. The summed E-state index contributed by atoms with van der Waals surface area (Å²) in [6.45, 7) is 4.91. The van der Waals surface area contributed by atoms with Crippen LogP contribution in [0.1, 0.15) is 37.4 Å². The van der Waals surface area contributed by atoms with Crippen LogP contribution >= 0.6 is 0 Å². The minimum absolute atomic E-state index is 0.114. The largest absolute Gasteiger partial charge is 0.381 e. The van der Waals surface area contributed by atoms with E-state index in [1.807, 2.05) is 24.8 Å². The van der Waals surface area contributed by atoms with Gasteiger partial charge in [0.1, 0.15) is 17.2 Å². The second kappa shape index (κ2) is 9.54. The molecule has 2 saturated heterocycles. The Morgan fingerprint density at radius 3 is 2.61 bits per heavy atom. The van der Waals surface area contributed by atoms with E-state index in [0.717, 1.165) is 6.07 Å². The molecule has 2 aliphatic rings. The number of amides is 1. The number of piperidine rings is 1. The predicted octanol–water partition coefficient (Wildman–Crippen LogP) is 3.51. The van der Waals surface area contributed by atoms with Crippen molar-refractivity contribution in [1.29, 1.82) is 0 Å². The maximum absolute atomic E-state index is 14.9. The van der Waals surface area contributed by atoms with E-state index in [1.165, 1.54) is 12.1 Å². The predicted molar refractivity (Wildman–Crippen MR) is 130 cm³/mol. The zero-order valence-corrected chi connectivity index (χ0v) is 20.3. The molecule has 4 heterocycles. The van der Waals surface area contributed by atoms with Crippen LogP contribution in [0.3, 0.4) is 0 Å². The molecule has 5 atom stereocenters. The molecule has 36 heavy (non-hydrogen) atoms. The number of hydrogen-bond acceptors (Lipinski definition) is 6. The van der Waals surface area contributed by atoms with Crippen LogP contribution in [0.25, 0.3) is 0 Å². The zero-order valence-electron chi connectivity index (χ0n) is 20.3. The highest BCUT2D eigenvalue weighted by molar-refractivity contribution is 5.82. The van der Waals surface area contributed by atoms with Crippen LogP contribution in [0.15, 0.2) is 60.9 Å². The van der Waals surface area contributed by atoms with Gasteiger partial charge >= 0.3 is 0 Å². The standard InChI is InChI=1S/C27H29F2N5O2/c1-17-10-13-34(18(2)27(17,36)24-6-3-4-11-30-24)26(35)22-16-33(25-7-5-12-31-32-25)15-21(22)20-9-8-19(28)14-23(20)29/h3-9,11-12,14,17-18,21-22,36H,10,13,15-16H2,1-2H3/t17-,18-,21-,22+,27-/m0/s1. The molecule has 0 bridgehead atoms. The first-order valence-electron chi connectivity index (χ1n) is 12.2. The Hall–Kier alpha value is -3.46. The molecule has 3 aromatic rings. The maximum Gasteiger partial charge on any atom is 0.228 e. The second-order valence-corrected chi connectivity index (χ2v) is 9.80. The maximum atomic E-state index is 14.9. The van der Waals surface area contributed by atoms with E-state index in [4.69, 9.17) is 0 Å². The Morgan fingerprint density at radius 2 is 1.92 bits per heavy atom. The van der Waals surface area contributed by atoms with E-state index < -0.39 is 35.1 Å². The number of hydrogen-bond donors (Lipinski definition) is 1. The van der Waals surface area contributed by atoms with E-state index in [9.17, 15) is 18.7 Å². The molecule has 1 amide bonds. The van der Waals surface area contributed by atoms with Crippen LogP contribution in [-0.2, 0) is 10.4 Å². The van der Waals surface area contributed by atoms with Gasteiger partial charge in [0.05, 0.1) is 17.7 Å². The van der Waals surface area contributed by atoms with Crippen LogP contribution < -0.4 is 4.90 Å². The Balaban J connectivity index is 1.49. The molecule has 0 spiro atoms. The average molecular weight is 494 g/mol. The summed E-state index contributed by atoms with van der Waals surface area (Å²) in [5, 5.41) is 19.9. The lowest BCUT2D eigenvalue weighted by molar-refractivity contribution is -0.160. The van der Waals surface area contributed by atoms with Crippen molar-refractivity contribution in [3.63, 3.8) is 0 Å².